The van der Waals surface area contributed by atoms with Crippen molar-refractivity contribution >= 4 is 5.91 Å². The number of aliphatic hydroxyl groups excluding tert-OH is 11. The summed E-state index contributed by atoms with van der Waals surface area (Å²) in [5.74, 6) is -0.291. The van der Waals surface area contributed by atoms with Crippen molar-refractivity contribution < 1.29 is 89.4 Å². The van der Waals surface area contributed by atoms with E-state index in [9.17, 15) is 61.0 Å². The summed E-state index contributed by atoms with van der Waals surface area (Å²) in [5.41, 5.74) is 0. The van der Waals surface area contributed by atoms with Gasteiger partial charge in [-0.15, -0.1) is 0 Å². The molecule has 3 fully saturated rings. The van der Waals surface area contributed by atoms with E-state index in [1.807, 2.05) is 19.1 Å². The van der Waals surface area contributed by atoms with Gasteiger partial charge in [-0.3, -0.25) is 4.79 Å². The minimum atomic E-state index is -1.98. The maximum Gasteiger partial charge on any atom is 0.220 e. The van der Waals surface area contributed by atoms with Crippen LogP contribution in [0, 0.1) is 0 Å². The first-order valence-electron chi connectivity index (χ1n) is 36.7. The Balaban J connectivity index is 1.26. The Labute approximate surface area is 559 Å². The summed E-state index contributed by atoms with van der Waals surface area (Å²) < 4.78 is 34.2. The Hall–Kier alpha value is -2.77. The van der Waals surface area contributed by atoms with Gasteiger partial charge in [-0.05, 0) is 77.6 Å². The van der Waals surface area contributed by atoms with Crippen molar-refractivity contribution in [3.05, 3.63) is 72.9 Å². The SMILES string of the molecule is C/C=C/CC/C=C/CC/C=C/C(O)C(COC1OC(CO)C(OC2OC(CO)C(OC3OC(CO)C(O)C(O)C3O)C(O)C2O)C(O)C1O)NC(=O)CCCCCCCCCCCCCCCCCCCCCCCCCC/C=C\C/C=C\C/C=C\CCCCCCC. The Kier molecular flexibility index (Phi) is 50.1. The minimum absolute atomic E-state index is 0.232. The number of ether oxygens (including phenoxy) is 6. The number of hydrogen-bond donors (Lipinski definition) is 12. The second-order valence-electron chi connectivity index (χ2n) is 26.0. The largest absolute Gasteiger partial charge is 0.394 e. The summed E-state index contributed by atoms with van der Waals surface area (Å²) >= 11 is 0. The highest BCUT2D eigenvalue weighted by atomic mass is 16.8. The van der Waals surface area contributed by atoms with Crippen LogP contribution in [-0.2, 0) is 33.2 Å². The van der Waals surface area contributed by atoms with Crippen LogP contribution >= 0.6 is 0 Å². The Morgan fingerprint density at radius 1 is 0.409 bits per heavy atom. The lowest BCUT2D eigenvalue weighted by atomic mass is 9.96. The number of unbranched alkanes of at least 4 members (excludes halogenated alkanes) is 31. The number of carbonyl (C=O) groups excluding carboxylic acids is 1. The highest BCUT2D eigenvalue weighted by Crippen LogP contribution is 2.33. The van der Waals surface area contributed by atoms with Crippen LogP contribution in [0.1, 0.15) is 258 Å². The normalized spacial score (nSPS) is 27.9. The van der Waals surface area contributed by atoms with Gasteiger partial charge >= 0.3 is 0 Å². The highest BCUT2D eigenvalue weighted by Gasteiger charge is 2.53. The maximum absolute atomic E-state index is 13.3. The number of allylic oxidation sites excluding steroid dienone is 11. The maximum atomic E-state index is 13.3. The van der Waals surface area contributed by atoms with E-state index in [-0.39, 0.29) is 18.9 Å². The van der Waals surface area contributed by atoms with E-state index >= 15 is 0 Å². The zero-order valence-corrected chi connectivity index (χ0v) is 57.2. The van der Waals surface area contributed by atoms with E-state index in [1.165, 1.54) is 173 Å². The van der Waals surface area contributed by atoms with Gasteiger partial charge in [0.25, 0.3) is 0 Å². The summed E-state index contributed by atoms with van der Waals surface area (Å²) in [7, 11) is 0. The molecule has 93 heavy (non-hydrogen) atoms. The standard InChI is InChI=1S/C74H131NO18/c1-3-5-7-9-11-13-14-15-16-17-18-19-20-21-22-23-24-25-26-27-28-29-30-31-32-33-34-35-36-37-38-39-40-41-42-44-46-48-50-52-62(80)75-57(58(79)51-49-47-45-43-12-10-8-6-4-2)56-88-72-68(86)65(83)70(60(54-77)90-72)93-74-69(87)66(84)71(61(55-78)91-74)92-73-67(85)64(82)63(81)59(53-76)89-73/h4,6,12,14-15,17-18,20-21,43,49,51,57-61,63-74,76-79,81-87H,3,5,7-11,13,16,19,22-42,44-48,50,52-56H2,1-2H3,(H,75,80)/b6-4+,15-14-,18-17-,21-20-,43-12+,51-49+. The molecule has 0 aromatic heterocycles. The van der Waals surface area contributed by atoms with Crippen molar-refractivity contribution in [2.75, 3.05) is 26.4 Å². The van der Waals surface area contributed by atoms with Gasteiger partial charge in [-0.2, -0.15) is 0 Å². The van der Waals surface area contributed by atoms with Crippen molar-refractivity contribution in [1.29, 1.82) is 0 Å². The molecule has 3 heterocycles. The first-order chi connectivity index (χ1) is 45.3. The quantitative estimate of drug-likeness (QED) is 0.0199. The predicted molar refractivity (Wildman–Crippen MR) is 365 cm³/mol. The van der Waals surface area contributed by atoms with Crippen LogP contribution in [0.15, 0.2) is 72.9 Å². The second-order valence-corrected chi connectivity index (χ2v) is 26.0. The first kappa shape index (κ1) is 84.5. The van der Waals surface area contributed by atoms with E-state index < -0.39 is 124 Å². The number of amides is 1. The van der Waals surface area contributed by atoms with Crippen molar-refractivity contribution in [2.45, 2.75) is 362 Å². The van der Waals surface area contributed by atoms with Crippen molar-refractivity contribution in [3.63, 3.8) is 0 Å². The van der Waals surface area contributed by atoms with Gasteiger partial charge in [0.1, 0.15) is 73.2 Å². The lowest BCUT2D eigenvalue weighted by Crippen LogP contribution is -2.66. The number of nitrogens with one attached hydrogen (secondary N) is 1. The lowest BCUT2D eigenvalue weighted by molar-refractivity contribution is -0.379. The third-order valence-electron chi connectivity index (χ3n) is 18.0. The van der Waals surface area contributed by atoms with Crippen LogP contribution in [0.5, 0.6) is 0 Å². The lowest BCUT2D eigenvalue weighted by Gasteiger charge is -2.48. The average Bonchev–Trinajstić information content (AvgIpc) is 0.900. The molecule has 17 atom stereocenters. The molecule has 0 radical (unpaired) electrons. The fraction of sp³-hybridized carbons (Fsp3) is 0.824. The Morgan fingerprint density at radius 3 is 1.20 bits per heavy atom. The van der Waals surface area contributed by atoms with Crippen LogP contribution in [0.25, 0.3) is 0 Å². The van der Waals surface area contributed by atoms with Gasteiger partial charge in [0.05, 0.1) is 38.6 Å². The minimum Gasteiger partial charge on any atom is -0.394 e. The van der Waals surface area contributed by atoms with E-state index in [4.69, 9.17) is 28.4 Å². The van der Waals surface area contributed by atoms with E-state index in [1.54, 1.807) is 6.08 Å². The first-order valence-corrected chi connectivity index (χ1v) is 36.7. The topological polar surface area (TPSA) is 307 Å². The summed E-state index contributed by atoms with van der Waals surface area (Å²) in [6, 6.07) is -0.995. The van der Waals surface area contributed by atoms with E-state index in [2.05, 4.69) is 66.9 Å². The van der Waals surface area contributed by atoms with Crippen LogP contribution in [0.2, 0.25) is 0 Å². The molecule has 0 bridgehead atoms. The molecule has 17 unspecified atom stereocenters. The molecule has 3 aliphatic rings. The average molecular weight is 1320 g/mol. The Bertz CT molecular complexity index is 1970. The summed E-state index contributed by atoms with van der Waals surface area (Å²) in [5, 5.41) is 120. The van der Waals surface area contributed by atoms with Gasteiger partial charge in [0.2, 0.25) is 5.91 Å². The molecule has 3 aliphatic heterocycles. The molecule has 3 saturated heterocycles. The van der Waals surface area contributed by atoms with Gasteiger partial charge in [0.15, 0.2) is 18.9 Å². The molecule has 0 aromatic carbocycles. The summed E-state index contributed by atoms with van der Waals surface area (Å²) in [4.78, 5) is 13.3. The number of carbonyl (C=O) groups is 1. The van der Waals surface area contributed by atoms with Crippen LogP contribution in [0.3, 0.4) is 0 Å². The molecule has 0 aliphatic carbocycles. The third-order valence-corrected chi connectivity index (χ3v) is 18.0. The van der Waals surface area contributed by atoms with Gasteiger partial charge < -0.3 is 89.9 Å². The zero-order valence-electron chi connectivity index (χ0n) is 57.2. The van der Waals surface area contributed by atoms with Crippen molar-refractivity contribution in [3.8, 4) is 0 Å². The monoisotopic (exact) mass is 1320 g/mol. The van der Waals surface area contributed by atoms with Crippen molar-refractivity contribution in [2.24, 2.45) is 0 Å². The molecule has 19 nitrogen and oxygen atoms in total. The smallest absolute Gasteiger partial charge is 0.220 e. The zero-order chi connectivity index (χ0) is 67.5. The second kappa shape index (κ2) is 55.1. The molecule has 0 aromatic rings. The number of hydrogen-bond acceptors (Lipinski definition) is 18. The van der Waals surface area contributed by atoms with Crippen LogP contribution in [-0.4, -0.2) is 193 Å². The molecule has 12 N–H and O–H groups in total. The van der Waals surface area contributed by atoms with Gasteiger partial charge in [0, 0.05) is 6.42 Å². The third kappa shape index (κ3) is 36.6. The molecular weight excluding hydrogens is 1190 g/mol. The molecule has 0 saturated carbocycles. The van der Waals surface area contributed by atoms with Gasteiger partial charge in [-0.1, -0.05) is 247 Å². The summed E-state index contributed by atoms with van der Waals surface area (Å²) in [6.07, 6.45) is 44.0. The number of aliphatic hydroxyl groups is 11. The Morgan fingerprint density at radius 2 is 0.763 bits per heavy atom. The fourth-order valence-electron chi connectivity index (χ4n) is 12.1. The molecule has 1 amide bonds. The molecule has 540 valence electrons. The molecule has 19 heteroatoms. The predicted octanol–water partition coefficient (Wildman–Crippen LogP) is 10.5. The molecule has 0 spiro atoms. The van der Waals surface area contributed by atoms with Crippen LogP contribution < -0.4 is 5.32 Å². The molecule has 3 rings (SSSR count). The summed E-state index contributed by atoms with van der Waals surface area (Å²) in [6.45, 7) is 1.45. The van der Waals surface area contributed by atoms with E-state index in [0.717, 1.165) is 51.4 Å². The fourth-order valence-corrected chi connectivity index (χ4v) is 12.1. The van der Waals surface area contributed by atoms with Crippen LogP contribution in [0.4, 0.5) is 0 Å². The molecular formula is C74H131NO18. The van der Waals surface area contributed by atoms with Crippen molar-refractivity contribution in [1.82, 2.24) is 5.32 Å². The number of rotatable bonds is 56. The van der Waals surface area contributed by atoms with Gasteiger partial charge in [-0.25, -0.2) is 0 Å². The van der Waals surface area contributed by atoms with E-state index in [0.29, 0.717) is 12.8 Å². The highest BCUT2D eigenvalue weighted by molar-refractivity contribution is 5.76.